The van der Waals surface area contributed by atoms with E-state index in [0.29, 0.717) is 18.2 Å². The fraction of sp³-hybridized carbons (Fsp3) is 0.267. The van der Waals surface area contributed by atoms with Crippen LogP contribution in [0.5, 0.6) is 0 Å². The first-order valence-electron chi connectivity index (χ1n) is 6.93. The van der Waals surface area contributed by atoms with Gasteiger partial charge in [0.2, 0.25) is 0 Å². The van der Waals surface area contributed by atoms with Crippen LogP contribution in [0.15, 0.2) is 36.4 Å². The predicted octanol–water partition coefficient (Wildman–Crippen LogP) is 3.35. The summed E-state index contributed by atoms with van der Waals surface area (Å²) >= 11 is 5.84. The lowest BCUT2D eigenvalue weighted by atomic mass is 10.1. The number of nitrogens with one attached hydrogen (secondary N) is 2. The molecule has 0 fully saturated rings. The van der Waals surface area contributed by atoms with E-state index in [1.54, 1.807) is 19.1 Å². The lowest BCUT2D eigenvalue weighted by molar-refractivity contribution is 0.168. The molecule has 2 rings (SSSR count). The van der Waals surface area contributed by atoms with E-state index in [2.05, 4.69) is 20.8 Å². The zero-order valence-electron chi connectivity index (χ0n) is 12.2. The van der Waals surface area contributed by atoms with Crippen molar-refractivity contribution in [1.82, 2.24) is 10.2 Å². The average Bonchev–Trinajstić information content (AvgIpc) is 2.51. The topological polar surface area (TPSA) is 76.1 Å². The molecule has 1 aromatic heterocycles. The molecule has 116 valence electrons. The van der Waals surface area contributed by atoms with Gasteiger partial charge in [0.1, 0.15) is 5.82 Å². The van der Waals surface area contributed by atoms with Gasteiger partial charge in [0.05, 0.1) is 6.61 Å². The number of carbonyl (C=O) groups is 1. The molecule has 1 aromatic carbocycles. The predicted molar refractivity (Wildman–Crippen MR) is 86.3 cm³/mol. The van der Waals surface area contributed by atoms with Gasteiger partial charge in [-0.3, -0.25) is 5.32 Å². The van der Waals surface area contributed by atoms with Gasteiger partial charge in [0.25, 0.3) is 0 Å². The smallest absolute Gasteiger partial charge is 0.412 e. The summed E-state index contributed by atoms with van der Waals surface area (Å²) in [7, 11) is 0. The maximum atomic E-state index is 11.2. The van der Waals surface area contributed by atoms with E-state index in [4.69, 9.17) is 16.3 Å². The number of nitrogens with zero attached hydrogens (tertiary/aromatic N) is 2. The van der Waals surface area contributed by atoms with Crippen molar-refractivity contribution in [1.29, 1.82) is 0 Å². The van der Waals surface area contributed by atoms with Crippen LogP contribution in [0.4, 0.5) is 16.4 Å². The van der Waals surface area contributed by atoms with Crippen LogP contribution in [0.25, 0.3) is 0 Å². The quantitative estimate of drug-likeness (QED) is 0.853. The van der Waals surface area contributed by atoms with Gasteiger partial charge >= 0.3 is 6.09 Å². The normalized spacial score (nSPS) is 10.1. The zero-order chi connectivity index (χ0) is 15.8. The zero-order valence-corrected chi connectivity index (χ0v) is 12.9. The van der Waals surface area contributed by atoms with Crippen molar-refractivity contribution in [2.75, 3.05) is 23.8 Å². The lowest BCUT2D eigenvalue weighted by Crippen LogP contribution is -2.15. The van der Waals surface area contributed by atoms with Crippen molar-refractivity contribution >= 4 is 29.3 Å². The van der Waals surface area contributed by atoms with Gasteiger partial charge in [0.15, 0.2) is 5.82 Å². The standard InChI is InChI=1S/C15H17ClN4O2/c1-2-22-15(21)18-14-8-7-13(19-20-14)17-10-9-11-3-5-12(16)6-4-11/h3-8H,2,9-10H2,1H3,(H,17,19)(H,18,20,21). The molecule has 0 bridgehead atoms. The maximum absolute atomic E-state index is 11.2. The molecule has 0 radical (unpaired) electrons. The third-order valence-electron chi connectivity index (χ3n) is 2.80. The Hall–Kier alpha value is -2.34. The van der Waals surface area contributed by atoms with Crippen LogP contribution < -0.4 is 10.6 Å². The van der Waals surface area contributed by atoms with E-state index in [0.717, 1.165) is 18.0 Å². The second-order valence-electron chi connectivity index (χ2n) is 4.45. The number of benzene rings is 1. The molecule has 0 saturated carbocycles. The minimum absolute atomic E-state index is 0.309. The molecule has 0 aliphatic carbocycles. The van der Waals surface area contributed by atoms with Gasteiger partial charge in [-0.25, -0.2) is 4.79 Å². The minimum atomic E-state index is -0.541. The molecule has 22 heavy (non-hydrogen) atoms. The SMILES string of the molecule is CCOC(=O)Nc1ccc(NCCc2ccc(Cl)cc2)nn1. The van der Waals surface area contributed by atoms with Gasteiger partial charge in [-0.15, -0.1) is 10.2 Å². The Labute approximate surface area is 133 Å². The molecular formula is C15H17ClN4O2. The molecule has 0 saturated heterocycles. The third kappa shape index (κ3) is 5.21. The summed E-state index contributed by atoms with van der Waals surface area (Å²) in [5.41, 5.74) is 1.19. The Morgan fingerprint density at radius 1 is 1.14 bits per heavy atom. The van der Waals surface area contributed by atoms with E-state index >= 15 is 0 Å². The lowest BCUT2D eigenvalue weighted by Gasteiger charge is -2.07. The van der Waals surface area contributed by atoms with Crippen LogP contribution in [0.1, 0.15) is 12.5 Å². The molecule has 6 nitrogen and oxygen atoms in total. The fourth-order valence-corrected chi connectivity index (χ4v) is 1.88. The van der Waals surface area contributed by atoms with E-state index < -0.39 is 6.09 Å². The van der Waals surface area contributed by atoms with E-state index in [-0.39, 0.29) is 0 Å². The first-order chi connectivity index (χ1) is 10.7. The van der Waals surface area contributed by atoms with Gasteiger partial charge in [-0.2, -0.15) is 0 Å². The van der Waals surface area contributed by atoms with E-state index in [1.807, 2.05) is 24.3 Å². The third-order valence-corrected chi connectivity index (χ3v) is 3.06. The largest absolute Gasteiger partial charge is 0.450 e. The number of ether oxygens (including phenoxy) is 1. The summed E-state index contributed by atoms with van der Waals surface area (Å²) in [6.07, 6.45) is 0.307. The second-order valence-corrected chi connectivity index (χ2v) is 4.89. The number of aromatic nitrogens is 2. The molecule has 0 atom stereocenters. The molecule has 0 unspecified atom stereocenters. The fourth-order valence-electron chi connectivity index (χ4n) is 1.75. The molecule has 1 heterocycles. The Bertz CT molecular complexity index is 602. The molecule has 2 aromatic rings. The van der Waals surface area contributed by atoms with Gasteiger partial charge < -0.3 is 10.1 Å². The number of amides is 1. The Morgan fingerprint density at radius 2 is 1.82 bits per heavy atom. The number of rotatable bonds is 6. The number of hydrogen-bond acceptors (Lipinski definition) is 5. The van der Waals surface area contributed by atoms with Crippen molar-refractivity contribution in [2.24, 2.45) is 0 Å². The van der Waals surface area contributed by atoms with Crippen LogP contribution in [-0.2, 0) is 11.2 Å². The van der Waals surface area contributed by atoms with Crippen molar-refractivity contribution in [3.05, 3.63) is 47.0 Å². The molecule has 7 heteroatoms. The monoisotopic (exact) mass is 320 g/mol. The summed E-state index contributed by atoms with van der Waals surface area (Å²) in [5, 5.41) is 14.3. The van der Waals surface area contributed by atoms with Crippen LogP contribution in [0.2, 0.25) is 5.02 Å². The average molecular weight is 321 g/mol. The molecule has 0 aliphatic heterocycles. The molecule has 2 N–H and O–H groups in total. The second kappa shape index (κ2) is 8.19. The summed E-state index contributed by atoms with van der Waals surface area (Å²) in [5.74, 6) is 0.991. The van der Waals surface area contributed by atoms with Crippen molar-refractivity contribution < 1.29 is 9.53 Å². The highest BCUT2D eigenvalue weighted by molar-refractivity contribution is 6.30. The van der Waals surface area contributed by atoms with E-state index in [1.165, 1.54) is 5.56 Å². The van der Waals surface area contributed by atoms with Crippen LogP contribution in [0.3, 0.4) is 0 Å². The summed E-state index contributed by atoms with van der Waals surface area (Å²) in [6, 6.07) is 11.1. The van der Waals surface area contributed by atoms with Crippen molar-refractivity contribution in [2.45, 2.75) is 13.3 Å². The number of carbonyl (C=O) groups excluding carboxylic acids is 1. The van der Waals surface area contributed by atoms with E-state index in [9.17, 15) is 4.79 Å². The van der Waals surface area contributed by atoms with Gasteiger partial charge in [-0.1, -0.05) is 23.7 Å². The number of halogens is 1. The Balaban J connectivity index is 1.78. The Morgan fingerprint density at radius 3 is 2.45 bits per heavy atom. The maximum Gasteiger partial charge on any atom is 0.412 e. The molecule has 0 aliphatic rings. The molecule has 0 spiro atoms. The first kappa shape index (κ1) is 16.0. The molecule has 1 amide bonds. The first-order valence-corrected chi connectivity index (χ1v) is 7.31. The minimum Gasteiger partial charge on any atom is -0.450 e. The van der Waals surface area contributed by atoms with Gasteiger partial charge in [-0.05, 0) is 43.2 Å². The van der Waals surface area contributed by atoms with Crippen LogP contribution in [0, 0.1) is 0 Å². The van der Waals surface area contributed by atoms with Crippen molar-refractivity contribution in [3.8, 4) is 0 Å². The van der Waals surface area contributed by atoms with Crippen molar-refractivity contribution in [3.63, 3.8) is 0 Å². The molecular weight excluding hydrogens is 304 g/mol. The number of anilines is 2. The highest BCUT2D eigenvalue weighted by Crippen LogP contribution is 2.11. The van der Waals surface area contributed by atoms with Crippen LogP contribution >= 0.6 is 11.6 Å². The van der Waals surface area contributed by atoms with Crippen LogP contribution in [-0.4, -0.2) is 29.4 Å². The summed E-state index contributed by atoms with van der Waals surface area (Å²) in [6.45, 7) is 2.77. The Kier molecular flexibility index (Phi) is 5.97. The highest BCUT2D eigenvalue weighted by Gasteiger charge is 2.03. The highest BCUT2D eigenvalue weighted by atomic mass is 35.5. The van der Waals surface area contributed by atoms with Gasteiger partial charge in [0, 0.05) is 11.6 Å². The number of hydrogen-bond donors (Lipinski definition) is 2. The summed E-state index contributed by atoms with van der Waals surface area (Å²) < 4.78 is 4.76. The summed E-state index contributed by atoms with van der Waals surface area (Å²) in [4.78, 5) is 11.2.